The molecule has 1 saturated heterocycles. The molecule has 1 aromatic rings. The summed E-state index contributed by atoms with van der Waals surface area (Å²) in [5.74, 6) is -0.266. The van der Waals surface area contributed by atoms with Crippen LogP contribution in [0.4, 0.5) is 5.69 Å². The van der Waals surface area contributed by atoms with Crippen molar-refractivity contribution >= 4 is 33.2 Å². The highest BCUT2D eigenvalue weighted by Crippen LogP contribution is 2.30. The molecule has 1 aliphatic rings. The lowest BCUT2D eigenvalue weighted by atomic mass is 10.2. The molecule has 122 valence electrons. The van der Waals surface area contributed by atoms with E-state index < -0.39 is 10.0 Å². The lowest BCUT2D eigenvalue weighted by Gasteiger charge is -2.23. The predicted octanol–water partition coefficient (Wildman–Crippen LogP) is 2.10. The zero-order valence-corrected chi connectivity index (χ0v) is 14.1. The zero-order chi connectivity index (χ0) is 16.3. The quantitative estimate of drug-likeness (QED) is 0.885. The molecule has 0 unspecified atom stereocenters. The maximum absolute atomic E-state index is 12.7. The second-order valence-electron chi connectivity index (χ2n) is 5.19. The van der Waals surface area contributed by atoms with Gasteiger partial charge >= 0.3 is 0 Å². The number of carbonyl (C=O) groups excluding carboxylic acids is 1. The van der Waals surface area contributed by atoms with Crippen molar-refractivity contribution in [1.82, 2.24) is 4.31 Å². The zero-order valence-electron chi connectivity index (χ0n) is 12.5. The van der Waals surface area contributed by atoms with Crippen molar-refractivity contribution < 1.29 is 17.9 Å². The van der Waals surface area contributed by atoms with Crippen LogP contribution in [0.1, 0.15) is 19.8 Å². The number of halogens is 1. The third-order valence-corrected chi connectivity index (χ3v) is 5.80. The van der Waals surface area contributed by atoms with Crippen molar-refractivity contribution in [1.29, 1.82) is 0 Å². The van der Waals surface area contributed by atoms with Crippen LogP contribution in [0, 0.1) is 0 Å². The number of rotatable bonds is 5. The van der Waals surface area contributed by atoms with Gasteiger partial charge in [0.1, 0.15) is 0 Å². The highest BCUT2D eigenvalue weighted by atomic mass is 35.5. The number of carbonyl (C=O) groups is 1. The Balaban J connectivity index is 2.29. The molecule has 1 aliphatic heterocycles. The first-order valence-electron chi connectivity index (χ1n) is 6.94. The normalized spacial score (nSPS) is 19.3. The van der Waals surface area contributed by atoms with E-state index in [-0.39, 0.29) is 21.9 Å². The van der Waals surface area contributed by atoms with Gasteiger partial charge in [0.25, 0.3) is 0 Å². The van der Waals surface area contributed by atoms with E-state index in [0.717, 1.165) is 12.8 Å². The van der Waals surface area contributed by atoms with E-state index in [0.29, 0.717) is 18.8 Å². The van der Waals surface area contributed by atoms with Crippen molar-refractivity contribution in [3.63, 3.8) is 0 Å². The van der Waals surface area contributed by atoms with Gasteiger partial charge in [-0.05, 0) is 31.0 Å². The maximum atomic E-state index is 12.7. The van der Waals surface area contributed by atoms with Gasteiger partial charge < -0.3 is 10.1 Å². The van der Waals surface area contributed by atoms with Gasteiger partial charge in [-0.1, -0.05) is 11.6 Å². The van der Waals surface area contributed by atoms with Crippen molar-refractivity contribution in [2.45, 2.75) is 30.7 Å². The summed E-state index contributed by atoms with van der Waals surface area (Å²) in [5.41, 5.74) is 0.392. The van der Waals surface area contributed by atoms with Gasteiger partial charge in [-0.3, -0.25) is 4.79 Å². The van der Waals surface area contributed by atoms with Gasteiger partial charge in [-0.25, -0.2) is 8.42 Å². The molecule has 0 aromatic heterocycles. The smallest absolute Gasteiger partial charge is 0.243 e. The number of hydrogen-bond donors (Lipinski definition) is 1. The van der Waals surface area contributed by atoms with Crippen LogP contribution in [-0.2, 0) is 19.6 Å². The Bertz CT molecular complexity index is 663. The number of nitrogens with one attached hydrogen (secondary N) is 1. The summed E-state index contributed by atoms with van der Waals surface area (Å²) >= 11 is 6.06. The largest absolute Gasteiger partial charge is 0.383 e. The highest BCUT2D eigenvalue weighted by Gasteiger charge is 2.35. The minimum Gasteiger partial charge on any atom is -0.383 e. The first-order valence-corrected chi connectivity index (χ1v) is 8.76. The van der Waals surface area contributed by atoms with Crippen molar-refractivity contribution in [2.75, 3.05) is 25.6 Å². The number of amides is 1. The highest BCUT2D eigenvalue weighted by molar-refractivity contribution is 7.89. The molecule has 2 rings (SSSR count). The van der Waals surface area contributed by atoms with Crippen LogP contribution in [0.5, 0.6) is 0 Å². The third-order valence-electron chi connectivity index (χ3n) is 3.54. The molecule has 6 nitrogen and oxygen atoms in total. The van der Waals surface area contributed by atoms with Gasteiger partial charge in [-0.15, -0.1) is 0 Å². The fraction of sp³-hybridized carbons (Fsp3) is 0.500. The number of hydrogen-bond acceptors (Lipinski definition) is 4. The van der Waals surface area contributed by atoms with E-state index >= 15 is 0 Å². The number of benzene rings is 1. The summed E-state index contributed by atoms with van der Waals surface area (Å²) in [7, 11) is -2.06. The maximum Gasteiger partial charge on any atom is 0.243 e. The minimum absolute atomic E-state index is 0.120. The van der Waals surface area contributed by atoms with E-state index in [4.69, 9.17) is 16.3 Å². The van der Waals surface area contributed by atoms with Crippen LogP contribution in [0.3, 0.4) is 0 Å². The van der Waals surface area contributed by atoms with Crippen LogP contribution in [0.2, 0.25) is 5.02 Å². The van der Waals surface area contributed by atoms with E-state index in [2.05, 4.69) is 5.32 Å². The second kappa shape index (κ2) is 6.95. The average molecular weight is 347 g/mol. The predicted molar refractivity (Wildman–Crippen MR) is 84.5 cm³/mol. The lowest BCUT2D eigenvalue weighted by molar-refractivity contribution is -0.114. The van der Waals surface area contributed by atoms with E-state index in [1.54, 1.807) is 7.11 Å². The molecule has 1 aromatic carbocycles. The number of nitrogens with zero attached hydrogens (tertiary/aromatic N) is 1. The molecule has 1 heterocycles. The molecule has 1 amide bonds. The topological polar surface area (TPSA) is 75.7 Å². The Morgan fingerprint density at radius 3 is 2.82 bits per heavy atom. The molecule has 0 saturated carbocycles. The fourth-order valence-corrected chi connectivity index (χ4v) is 4.57. The van der Waals surface area contributed by atoms with Crippen LogP contribution in [0.15, 0.2) is 23.1 Å². The number of sulfonamides is 1. The molecular weight excluding hydrogens is 328 g/mol. The SMILES string of the molecule is COC[C@@H]1CCCN1S(=O)(=O)c1ccc(NC(C)=O)c(Cl)c1. The van der Waals surface area contributed by atoms with Crippen molar-refractivity contribution in [3.05, 3.63) is 23.2 Å². The first-order chi connectivity index (χ1) is 10.4. The molecule has 1 fully saturated rings. The monoisotopic (exact) mass is 346 g/mol. The average Bonchev–Trinajstić information content (AvgIpc) is 2.90. The summed E-state index contributed by atoms with van der Waals surface area (Å²) in [6.45, 7) is 2.21. The molecule has 0 bridgehead atoms. The number of anilines is 1. The Labute approximate surface area is 135 Å². The molecule has 0 spiro atoms. The Hall–Kier alpha value is -1.15. The van der Waals surface area contributed by atoms with Crippen LogP contribution in [0.25, 0.3) is 0 Å². The molecule has 1 N–H and O–H groups in total. The molecular formula is C14H19ClN2O4S. The fourth-order valence-electron chi connectivity index (χ4n) is 2.57. The molecule has 0 aliphatic carbocycles. The molecule has 0 radical (unpaired) electrons. The van der Waals surface area contributed by atoms with Gasteiger partial charge in [0.2, 0.25) is 15.9 Å². The summed E-state index contributed by atoms with van der Waals surface area (Å²) < 4.78 is 32.0. The van der Waals surface area contributed by atoms with E-state index in [1.165, 1.54) is 29.4 Å². The third kappa shape index (κ3) is 3.60. The Morgan fingerprint density at radius 2 is 2.23 bits per heavy atom. The van der Waals surface area contributed by atoms with Crippen molar-refractivity contribution in [2.24, 2.45) is 0 Å². The summed E-state index contributed by atoms with van der Waals surface area (Å²) in [5, 5.41) is 2.74. The molecule has 8 heteroatoms. The van der Waals surface area contributed by atoms with Gasteiger partial charge in [0.05, 0.1) is 22.2 Å². The summed E-state index contributed by atoms with van der Waals surface area (Å²) in [6, 6.07) is 4.17. The summed E-state index contributed by atoms with van der Waals surface area (Å²) in [6.07, 6.45) is 1.59. The number of methoxy groups -OCH3 is 1. The van der Waals surface area contributed by atoms with Crippen LogP contribution < -0.4 is 5.32 Å². The standard InChI is InChI=1S/C14H19ClN2O4S/c1-10(18)16-14-6-5-12(8-13(14)15)22(19,20)17-7-3-4-11(17)9-21-2/h5-6,8,11H,3-4,7,9H2,1-2H3,(H,16,18)/t11-/m0/s1. The Kier molecular flexibility index (Phi) is 5.44. The van der Waals surface area contributed by atoms with Gasteiger partial charge in [0.15, 0.2) is 0 Å². The lowest BCUT2D eigenvalue weighted by Crippen LogP contribution is -2.38. The van der Waals surface area contributed by atoms with E-state index in [9.17, 15) is 13.2 Å². The first kappa shape index (κ1) is 17.2. The number of ether oxygens (including phenoxy) is 1. The summed E-state index contributed by atoms with van der Waals surface area (Å²) in [4.78, 5) is 11.2. The van der Waals surface area contributed by atoms with E-state index in [1.807, 2.05) is 0 Å². The van der Waals surface area contributed by atoms with Crippen LogP contribution >= 0.6 is 11.6 Å². The van der Waals surface area contributed by atoms with Crippen LogP contribution in [-0.4, -0.2) is 44.9 Å². The van der Waals surface area contributed by atoms with Gasteiger partial charge in [0, 0.05) is 26.6 Å². The molecule has 1 atom stereocenters. The van der Waals surface area contributed by atoms with Crippen molar-refractivity contribution in [3.8, 4) is 0 Å². The minimum atomic E-state index is -3.62. The Morgan fingerprint density at radius 1 is 1.50 bits per heavy atom. The second-order valence-corrected chi connectivity index (χ2v) is 7.49. The molecule has 22 heavy (non-hydrogen) atoms. The van der Waals surface area contributed by atoms with Gasteiger partial charge in [-0.2, -0.15) is 4.31 Å².